The molecule has 0 aromatic heterocycles. The van der Waals surface area contributed by atoms with Gasteiger partial charge in [0.1, 0.15) is 23.4 Å². The number of carbonyl (C=O) groups excluding carboxylic acids is 2. The number of likely N-dealkylation sites (N-methyl/N-ethyl adjacent to an activating group) is 1. The van der Waals surface area contributed by atoms with E-state index in [0.717, 1.165) is 4.90 Å². The third-order valence-corrected chi connectivity index (χ3v) is 2.99. The Balaban J connectivity index is 2.29. The number of hydrogen-bond acceptors (Lipinski definition) is 4. The van der Waals surface area contributed by atoms with Crippen molar-refractivity contribution in [1.82, 2.24) is 4.90 Å². The second-order valence-electron chi connectivity index (χ2n) is 4.31. The summed E-state index contributed by atoms with van der Waals surface area (Å²) in [6.07, 6.45) is -0.213. The van der Waals surface area contributed by atoms with E-state index in [0.29, 0.717) is 12.1 Å². The van der Waals surface area contributed by atoms with E-state index in [2.05, 4.69) is 5.32 Å². The molecule has 0 radical (unpaired) electrons. The van der Waals surface area contributed by atoms with Gasteiger partial charge in [0.25, 0.3) is 5.91 Å². The predicted molar refractivity (Wildman–Crippen MR) is 63.1 cm³/mol. The summed E-state index contributed by atoms with van der Waals surface area (Å²) in [5, 5.41) is 11.0. The molecule has 8 heteroatoms. The number of nitrogens with one attached hydrogen (secondary N) is 1. The highest BCUT2D eigenvalue weighted by molar-refractivity contribution is 6.06. The highest BCUT2D eigenvalue weighted by Gasteiger charge is 2.36. The van der Waals surface area contributed by atoms with Gasteiger partial charge in [0.2, 0.25) is 5.91 Å². The maximum Gasteiger partial charge on any atom is 0.335 e. The first-order valence-electron chi connectivity index (χ1n) is 5.60. The van der Waals surface area contributed by atoms with Gasteiger partial charge < -0.3 is 10.4 Å². The lowest BCUT2D eigenvalue weighted by atomic mass is 10.1. The van der Waals surface area contributed by atoms with E-state index in [9.17, 15) is 23.2 Å². The van der Waals surface area contributed by atoms with Crippen molar-refractivity contribution in [2.45, 2.75) is 12.5 Å². The highest BCUT2D eigenvalue weighted by atomic mass is 19.1. The maximum absolute atomic E-state index is 13.7. The molecular formula is C12H10F2N2O4. The van der Waals surface area contributed by atoms with Crippen LogP contribution in [0.4, 0.5) is 14.5 Å². The van der Waals surface area contributed by atoms with Crippen LogP contribution in [0.15, 0.2) is 12.1 Å². The Hall–Kier alpha value is -2.51. The molecule has 0 spiro atoms. The Morgan fingerprint density at radius 3 is 2.30 bits per heavy atom. The summed E-state index contributed by atoms with van der Waals surface area (Å²) in [7, 11) is 1.27. The number of amides is 2. The number of aromatic carboxylic acids is 1. The van der Waals surface area contributed by atoms with Gasteiger partial charge in [-0.2, -0.15) is 0 Å². The third-order valence-electron chi connectivity index (χ3n) is 2.99. The fraction of sp³-hybridized carbons (Fsp3) is 0.250. The molecule has 1 saturated heterocycles. The van der Waals surface area contributed by atoms with Crippen molar-refractivity contribution in [3.63, 3.8) is 0 Å². The van der Waals surface area contributed by atoms with Crippen LogP contribution in [0.3, 0.4) is 0 Å². The van der Waals surface area contributed by atoms with Crippen LogP contribution in [-0.4, -0.2) is 40.9 Å². The van der Waals surface area contributed by atoms with E-state index in [1.807, 2.05) is 0 Å². The van der Waals surface area contributed by atoms with Gasteiger partial charge in [-0.15, -0.1) is 0 Å². The van der Waals surface area contributed by atoms with Crippen molar-refractivity contribution in [2.75, 3.05) is 12.4 Å². The van der Waals surface area contributed by atoms with Crippen LogP contribution in [0.5, 0.6) is 0 Å². The van der Waals surface area contributed by atoms with Gasteiger partial charge >= 0.3 is 5.97 Å². The summed E-state index contributed by atoms with van der Waals surface area (Å²) >= 11 is 0. The SMILES string of the molecule is CN1C(=O)CC(Nc2c(F)cc(C(=O)O)cc2F)C1=O. The molecule has 2 rings (SSSR count). The van der Waals surface area contributed by atoms with Crippen LogP contribution in [0, 0.1) is 11.6 Å². The lowest BCUT2D eigenvalue weighted by Gasteiger charge is -2.14. The van der Waals surface area contributed by atoms with Gasteiger partial charge in [0.15, 0.2) is 0 Å². The number of rotatable bonds is 3. The zero-order valence-electron chi connectivity index (χ0n) is 10.3. The fourth-order valence-corrected chi connectivity index (χ4v) is 1.88. The van der Waals surface area contributed by atoms with Crippen LogP contribution in [0.25, 0.3) is 0 Å². The Morgan fingerprint density at radius 1 is 1.35 bits per heavy atom. The van der Waals surface area contributed by atoms with E-state index >= 15 is 0 Å². The maximum atomic E-state index is 13.7. The second-order valence-corrected chi connectivity index (χ2v) is 4.31. The standard InChI is InChI=1S/C12H10F2N2O4/c1-16-9(17)4-8(11(16)18)15-10-6(13)2-5(12(19)20)3-7(10)14/h2-3,8,15H,4H2,1H3,(H,19,20). The average Bonchev–Trinajstić information content (AvgIpc) is 2.61. The van der Waals surface area contributed by atoms with Gasteiger partial charge in [-0.05, 0) is 12.1 Å². The molecule has 1 aliphatic heterocycles. The highest BCUT2D eigenvalue weighted by Crippen LogP contribution is 2.24. The van der Waals surface area contributed by atoms with Gasteiger partial charge in [0, 0.05) is 7.05 Å². The number of imide groups is 1. The molecule has 0 saturated carbocycles. The monoisotopic (exact) mass is 284 g/mol. The van der Waals surface area contributed by atoms with Crippen molar-refractivity contribution in [3.8, 4) is 0 Å². The molecule has 6 nitrogen and oxygen atoms in total. The van der Waals surface area contributed by atoms with Crippen molar-refractivity contribution in [3.05, 3.63) is 29.3 Å². The summed E-state index contributed by atoms with van der Waals surface area (Å²) in [5.41, 5.74) is -1.17. The predicted octanol–water partition coefficient (Wildman–Crippen LogP) is 0.832. The molecule has 0 aliphatic carbocycles. The summed E-state index contributed by atoms with van der Waals surface area (Å²) in [4.78, 5) is 34.4. The van der Waals surface area contributed by atoms with Crippen LogP contribution < -0.4 is 5.32 Å². The molecule has 1 atom stereocenters. The quantitative estimate of drug-likeness (QED) is 0.803. The number of halogens is 2. The number of anilines is 1. The molecule has 106 valence electrons. The first-order valence-corrected chi connectivity index (χ1v) is 5.60. The van der Waals surface area contributed by atoms with Gasteiger partial charge in [-0.25, -0.2) is 13.6 Å². The number of hydrogen-bond donors (Lipinski definition) is 2. The lowest BCUT2D eigenvalue weighted by molar-refractivity contribution is -0.136. The Bertz CT molecular complexity index is 594. The summed E-state index contributed by atoms with van der Waals surface area (Å²) in [6, 6.07) is 0.212. The van der Waals surface area contributed by atoms with Crippen molar-refractivity contribution >= 4 is 23.5 Å². The van der Waals surface area contributed by atoms with Gasteiger partial charge in [-0.1, -0.05) is 0 Å². The molecule has 1 aromatic carbocycles. The zero-order valence-corrected chi connectivity index (χ0v) is 10.3. The fourth-order valence-electron chi connectivity index (χ4n) is 1.88. The number of carboxylic acids is 1. The Morgan fingerprint density at radius 2 is 1.90 bits per heavy atom. The number of benzene rings is 1. The van der Waals surface area contributed by atoms with Crippen molar-refractivity contribution in [2.24, 2.45) is 0 Å². The number of nitrogens with zero attached hydrogens (tertiary/aromatic N) is 1. The van der Waals surface area contributed by atoms with E-state index in [1.54, 1.807) is 0 Å². The van der Waals surface area contributed by atoms with E-state index in [1.165, 1.54) is 7.05 Å². The minimum absolute atomic E-state index is 0.213. The molecule has 1 aliphatic rings. The molecule has 1 unspecified atom stereocenters. The second kappa shape index (κ2) is 4.87. The largest absolute Gasteiger partial charge is 0.478 e. The molecule has 20 heavy (non-hydrogen) atoms. The topological polar surface area (TPSA) is 86.7 Å². The average molecular weight is 284 g/mol. The van der Waals surface area contributed by atoms with E-state index in [4.69, 9.17) is 5.11 Å². The van der Waals surface area contributed by atoms with Crippen LogP contribution in [-0.2, 0) is 9.59 Å². The van der Waals surface area contributed by atoms with Crippen LogP contribution in [0.1, 0.15) is 16.8 Å². The molecule has 1 fully saturated rings. The molecular weight excluding hydrogens is 274 g/mol. The van der Waals surface area contributed by atoms with Crippen molar-refractivity contribution < 1.29 is 28.3 Å². The molecule has 1 aromatic rings. The number of carbonyl (C=O) groups is 3. The minimum atomic E-state index is -1.47. The molecule has 0 bridgehead atoms. The smallest absolute Gasteiger partial charge is 0.335 e. The molecule has 2 amide bonds. The third kappa shape index (κ3) is 2.31. The van der Waals surface area contributed by atoms with Gasteiger partial charge in [0.05, 0.1) is 12.0 Å². The Labute approximate surface area is 112 Å². The zero-order chi connectivity index (χ0) is 15.0. The first-order chi connectivity index (χ1) is 9.31. The number of carboxylic acid groups (broad SMARTS) is 1. The van der Waals surface area contributed by atoms with Crippen molar-refractivity contribution in [1.29, 1.82) is 0 Å². The summed E-state index contributed by atoms with van der Waals surface area (Å²) in [5.74, 6) is -4.82. The normalized spacial score (nSPS) is 18.6. The van der Waals surface area contributed by atoms with Gasteiger partial charge in [-0.3, -0.25) is 14.5 Å². The van der Waals surface area contributed by atoms with E-state index < -0.39 is 46.7 Å². The number of likely N-dealkylation sites (tertiary alicyclic amines) is 1. The summed E-state index contributed by atoms with van der Waals surface area (Å²) < 4.78 is 27.3. The Kier molecular flexibility index (Phi) is 3.39. The molecule has 1 heterocycles. The first kappa shape index (κ1) is 13.9. The van der Waals surface area contributed by atoms with Crippen LogP contribution >= 0.6 is 0 Å². The summed E-state index contributed by atoms with van der Waals surface area (Å²) in [6.45, 7) is 0. The van der Waals surface area contributed by atoms with Crippen LogP contribution in [0.2, 0.25) is 0 Å². The molecule has 2 N–H and O–H groups in total. The lowest BCUT2D eigenvalue weighted by Crippen LogP contribution is -2.32. The van der Waals surface area contributed by atoms with E-state index in [-0.39, 0.29) is 6.42 Å². The minimum Gasteiger partial charge on any atom is -0.478 e.